The van der Waals surface area contributed by atoms with Crippen LogP contribution in [-0.4, -0.2) is 74.7 Å². The summed E-state index contributed by atoms with van der Waals surface area (Å²) in [5, 5.41) is 17.1. The van der Waals surface area contributed by atoms with Crippen LogP contribution in [0.15, 0.2) is 43.1 Å². The molecule has 1 saturated carbocycles. The Morgan fingerprint density at radius 2 is 1.95 bits per heavy atom. The average molecular weight is 592 g/mol. The van der Waals surface area contributed by atoms with Crippen LogP contribution in [0.2, 0.25) is 0 Å². The molecule has 1 aromatic carbocycles. The molecule has 2 amide bonds. The Bertz CT molecular complexity index is 1450. The Balaban J connectivity index is 1.25. The van der Waals surface area contributed by atoms with Crippen molar-refractivity contribution in [2.24, 2.45) is 5.92 Å². The van der Waals surface area contributed by atoms with Gasteiger partial charge in [-0.2, -0.15) is 19.6 Å². The maximum atomic E-state index is 14.8. The maximum Gasteiger partial charge on any atom is 0.243 e. The molecular weight excluding hydrogens is 549 g/mol. The van der Waals surface area contributed by atoms with Crippen LogP contribution in [0.5, 0.6) is 0 Å². The van der Waals surface area contributed by atoms with E-state index in [0.29, 0.717) is 37.1 Å². The van der Waals surface area contributed by atoms with Gasteiger partial charge in [0.15, 0.2) is 5.65 Å². The summed E-state index contributed by atoms with van der Waals surface area (Å²) in [7, 11) is 1.92. The molecule has 11 nitrogen and oxygen atoms in total. The molecule has 3 aromatic rings. The third-order valence-corrected chi connectivity index (χ3v) is 8.35. The number of piperidine rings is 1. The van der Waals surface area contributed by atoms with Crippen LogP contribution in [0, 0.1) is 5.92 Å². The van der Waals surface area contributed by atoms with Crippen LogP contribution >= 0.6 is 0 Å². The highest BCUT2D eigenvalue weighted by molar-refractivity contribution is 5.92. The zero-order valence-corrected chi connectivity index (χ0v) is 25.1. The Morgan fingerprint density at radius 3 is 2.67 bits per heavy atom. The number of nitrogens with one attached hydrogen (secondary N) is 4. The summed E-state index contributed by atoms with van der Waals surface area (Å²) in [4.78, 5) is 36.0. The van der Waals surface area contributed by atoms with E-state index in [9.17, 15) is 14.0 Å². The first kappa shape index (κ1) is 30.4. The molecule has 5 rings (SSSR count). The van der Waals surface area contributed by atoms with Crippen LogP contribution in [0.1, 0.15) is 63.0 Å². The van der Waals surface area contributed by atoms with Gasteiger partial charge in [-0.05, 0) is 68.8 Å². The summed E-state index contributed by atoms with van der Waals surface area (Å²) in [6, 6.07) is 7.42. The first-order valence-corrected chi connectivity index (χ1v) is 15.1. The largest absolute Gasteiger partial charge is 0.350 e. The predicted molar refractivity (Wildman–Crippen MR) is 166 cm³/mol. The number of fused-ring (bicyclic) bond motifs is 1. The SMILES string of the molecule is C=CC(=O)NC1CCC(C(=O)Nc2cccc(CNc3nc(NC4CCN(C)CC4F)nc4c(C(C)C)cnn34)c2)CC1. The molecular formula is C31H42FN9O2. The van der Waals surface area contributed by atoms with Gasteiger partial charge >= 0.3 is 0 Å². The minimum Gasteiger partial charge on any atom is -0.350 e. The fraction of sp³-hybridized carbons (Fsp3) is 0.516. The number of hydrogen-bond acceptors (Lipinski definition) is 8. The molecule has 1 saturated heterocycles. The van der Waals surface area contributed by atoms with Crippen molar-refractivity contribution in [1.82, 2.24) is 29.8 Å². The molecule has 0 spiro atoms. The molecule has 1 aliphatic heterocycles. The lowest BCUT2D eigenvalue weighted by molar-refractivity contribution is -0.121. The fourth-order valence-electron chi connectivity index (χ4n) is 5.81. The standard InChI is InChI=1S/C31H42FN9O2/c1-5-27(42)35-22-11-9-21(10-12-22)29(43)36-23-8-6-7-20(15-23)16-33-31-39-30(37-26-13-14-40(4)18-25(26)32)38-28-24(19(2)3)17-34-41(28)31/h5-8,15,17,19,21-22,25-26H,1,9-14,16,18H2,2-4H3,(H,35,42)(H,36,43)(H2,33,37,38,39). The number of alkyl halides is 1. The number of halogens is 1. The quantitative estimate of drug-likeness (QED) is 0.259. The molecule has 2 atom stereocenters. The highest BCUT2D eigenvalue weighted by atomic mass is 19.1. The summed E-state index contributed by atoms with van der Waals surface area (Å²) in [6.45, 7) is 9.27. The van der Waals surface area contributed by atoms with Crippen molar-refractivity contribution >= 4 is 35.0 Å². The second kappa shape index (κ2) is 13.5. The van der Waals surface area contributed by atoms with Crippen LogP contribution in [0.4, 0.5) is 22.0 Å². The van der Waals surface area contributed by atoms with Gasteiger partial charge in [0.05, 0.1) is 12.2 Å². The second-order valence-corrected chi connectivity index (χ2v) is 12.0. The Hall–Kier alpha value is -4.06. The van der Waals surface area contributed by atoms with Crippen molar-refractivity contribution in [1.29, 1.82) is 0 Å². The normalized spacial score (nSPS) is 22.7. The summed E-state index contributed by atoms with van der Waals surface area (Å²) in [6.07, 6.45) is 5.69. The van der Waals surface area contributed by atoms with E-state index >= 15 is 0 Å². The van der Waals surface area contributed by atoms with Crippen molar-refractivity contribution in [3.8, 4) is 0 Å². The van der Waals surface area contributed by atoms with E-state index in [0.717, 1.165) is 49.0 Å². The smallest absolute Gasteiger partial charge is 0.243 e. The van der Waals surface area contributed by atoms with Crippen molar-refractivity contribution in [2.75, 3.05) is 36.1 Å². The minimum atomic E-state index is -1.02. The summed E-state index contributed by atoms with van der Waals surface area (Å²) >= 11 is 0. The predicted octanol–water partition coefficient (Wildman–Crippen LogP) is 4.11. The van der Waals surface area contributed by atoms with Crippen molar-refractivity contribution in [3.63, 3.8) is 0 Å². The van der Waals surface area contributed by atoms with Crippen molar-refractivity contribution in [2.45, 2.75) is 76.7 Å². The first-order chi connectivity index (χ1) is 20.7. The first-order valence-electron chi connectivity index (χ1n) is 15.1. The van der Waals surface area contributed by atoms with E-state index in [1.807, 2.05) is 36.2 Å². The molecule has 2 fully saturated rings. The number of hydrogen-bond donors (Lipinski definition) is 4. The monoisotopic (exact) mass is 591 g/mol. The molecule has 12 heteroatoms. The van der Waals surface area contributed by atoms with Crippen LogP contribution < -0.4 is 21.3 Å². The maximum absolute atomic E-state index is 14.8. The third-order valence-electron chi connectivity index (χ3n) is 8.35. The number of aromatic nitrogens is 4. The Morgan fingerprint density at radius 1 is 1.16 bits per heavy atom. The third kappa shape index (κ3) is 7.48. The van der Waals surface area contributed by atoms with Crippen LogP contribution in [0.3, 0.4) is 0 Å². The minimum absolute atomic E-state index is 0.00957. The lowest BCUT2D eigenvalue weighted by Gasteiger charge is -2.32. The second-order valence-electron chi connectivity index (χ2n) is 12.0. The Labute approximate surface area is 251 Å². The molecule has 3 heterocycles. The van der Waals surface area contributed by atoms with Gasteiger partial charge in [-0.3, -0.25) is 9.59 Å². The van der Waals surface area contributed by atoms with Crippen molar-refractivity contribution in [3.05, 3.63) is 54.2 Å². The number of anilines is 3. The van der Waals surface area contributed by atoms with Gasteiger partial charge in [0.25, 0.3) is 0 Å². The topological polar surface area (TPSA) is 129 Å². The van der Waals surface area contributed by atoms with E-state index in [1.54, 1.807) is 10.7 Å². The molecule has 0 radical (unpaired) electrons. The van der Waals surface area contributed by atoms with Gasteiger partial charge in [-0.15, -0.1) is 0 Å². The zero-order chi connectivity index (χ0) is 30.5. The lowest BCUT2D eigenvalue weighted by atomic mass is 9.85. The molecule has 2 aromatic heterocycles. The lowest BCUT2D eigenvalue weighted by Crippen LogP contribution is -2.46. The molecule has 0 bridgehead atoms. The molecule has 4 N–H and O–H groups in total. The zero-order valence-electron chi connectivity index (χ0n) is 25.1. The number of nitrogens with zero attached hydrogens (tertiary/aromatic N) is 5. The molecule has 43 heavy (non-hydrogen) atoms. The van der Waals surface area contributed by atoms with Crippen LogP contribution in [0.25, 0.3) is 5.65 Å². The van der Waals surface area contributed by atoms with Crippen LogP contribution in [-0.2, 0) is 16.1 Å². The van der Waals surface area contributed by atoms with Gasteiger partial charge in [0.2, 0.25) is 23.7 Å². The van der Waals surface area contributed by atoms with Gasteiger partial charge in [-0.25, -0.2) is 4.39 Å². The molecule has 2 unspecified atom stereocenters. The van der Waals surface area contributed by atoms with E-state index in [-0.39, 0.29) is 35.7 Å². The Kier molecular flexibility index (Phi) is 9.54. The number of carbonyl (C=O) groups excluding carboxylic acids is 2. The summed E-state index contributed by atoms with van der Waals surface area (Å²) in [5.74, 6) is 0.789. The van der Waals surface area contributed by atoms with E-state index < -0.39 is 6.17 Å². The average Bonchev–Trinajstić information content (AvgIpc) is 3.42. The fourth-order valence-corrected chi connectivity index (χ4v) is 5.81. The van der Waals surface area contributed by atoms with Gasteiger partial charge in [-0.1, -0.05) is 32.6 Å². The van der Waals surface area contributed by atoms with Gasteiger partial charge in [0, 0.05) is 42.8 Å². The number of amides is 2. The van der Waals surface area contributed by atoms with Gasteiger partial charge in [0.1, 0.15) is 6.17 Å². The van der Waals surface area contributed by atoms with Crippen molar-refractivity contribution < 1.29 is 14.0 Å². The highest BCUT2D eigenvalue weighted by Gasteiger charge is 2.29. The molecule has 2 aliphatic rings. The van der Waals surface area contributed by atoms with E-state index in [2.05, 4.69) is 51.8 Å². The molecule has 230 valence electrons. The molecule has 1 aliphatic carbocycles. The van der Waals surface area contributed by atoms with Gasteiger partial charge < -0.3 is 26.2 Å². The van der Waals surface area contributed by atoms with E-state index in [4.69, 9.17) is 4.98 Å². The highest BCUT2D eigenvalue weighted by Crippen LogP contribution is 2.27. The number of benzene rings is 1. The number of rotatable bonds is 10. The summed E-state index contributed by atoms with van der Waals surface area (Å²) < 4.78 is 16.5. The number of carbonyl (C=O) groups is 2. The number of likely N-dealkylation sites (tertiary alicyclic amines) is 1. The van der Waals surface area contributed by atoms with E-state index in [1.165, 1.54) is 6.08 Å². The summed E-state index contributed by atoms with van der Waals surface area (Å²) in [5.41, 5.74) is 3.33.